The number of fused-ring (bicyclic) bond motifs is 1. The molecule has 2 heterocycles. The SMILES string of the molecule is CCCCCCCCOc1c2c(cc(-c3ccoc3)c1OC)C(CCCCCC)=[N+](Cc1ccc(C(F)(F)F)cc1)CC2.[Br-]. The van der Waals surface area contributed by atoms with Crippen molar-refractivity contribution in [2.75, 3.05) is 20.3 Å². The molecule has 0 spiro atoms. The van der Waals surface area contributed by atoms with Crippen molar-refractivity contribution in [2.24, 2.45) is 0 Å². The Morgan fingerprint density at radius 3 is 2.16 bits per heavy atom. The van der Waals surface area contributed by atoms with Gasteiger partial charge in [0.05, 0.1) is 31.8 Å². The predicted molar refractivity (Wildman–Crippen MR) is 166 cm³/mol. The van der Waals surface area contributed by atoms with Gasteiger partial charge in [-0.3, -0.25) is 0 Å². The van der Waals surface area contributed by atoms with Gasteiger partial charge < -0.3 is 30.9 Å². The van der Waals surface area contributed by atoms with Crippen LogP contribution in [0, 0.1) is 0 Å². The van der Waals surface area contributed by atoms with Crippen LogP contribution in [0.1, 0.15) is 107 Å². The fourth-order valence-electron chi connectivity index (χ4n) is 5.99. The van der Waals surface area contributed by atoms with Crippen molar-refractivity contribution in [1.82, 2.24) is 0 Å². The van der Waals surface area contributed by atoms with Crippen LogP contribution >= 0.6 is 0 Å². The van der Waals surface area contributed by atoms with Crippen molar-refractivity contribution in [3.63, 3.8) is 0 Å². The lowest BCUT2D eigenvalue weighted by atomic mass is 9.88. The summed E-state index contributed by atoms with van der Waals surface area (Å²) in [5.74, 6) is 1.54. The van der Waals surface area contributed by atoms with E-state index < -0.39 is 11.7 Å². The molecule has 0 N–H and O–H groups in total. The molecule has 0 fully saturated rings. The highest BCUT2D eigenvalue weighted by Gasteiger charge is 2.33. The second-order valence-corrected chi connectivity index (χ2v) is 11.6. The summed E-state index contributed by atoms with van der Waals surface area (Å²) in [6.07, 6.45) is 12.3. The summed E-state index contributed by atoms with van der Waals surface area (Å²) in [7, 11) is 1.69. The average molecular weight is 679 g/mol. The molecule has 3 aromatic rings. The number of nitrogens with zero attached hydrogens (tertiary/aromatic N) is 1. The molecule has 0 aliphatic carbocycles. The van der Waals surface area contributed by atoms with Gasteiger partial charge in [-0.05, 0) is 37.1 Å². The van der Waals surface area contributed by atoms with Crippen LogP contribution in [0.3, 0.4) is 0 Å². The van der Waals surface area contributed by atoms with Crippen LogP contribution in [0.4, 0.5) is 13.2 Å². The maximum atomic E-state index is 13.2. The minimum absolute atomic E-state index is 0. The molecule has 44 heavy (non-hydrogen) atoms. The lowest BCUT2D eigenvalue weighted by Gasteiger charge is -2.25. The van der Waals surface area contributed by atoms with Crippen molar-refractivity contribution in [2.45, 2.75) is 104 Å². The number of unbranched alkanes of at least 4 members (excludes halogenated alkanes) is 8. The first-order valence-electron chi connectivity index (χ1n) is 16.0. The number of hydrogen-bond acceptors (Lipinski definition) is 3. The van der Waals surface area contributed by atoms with E-state index in [0.29, 0.717) is 13.2 Å². The van der Waals surface area contributed by atoms with Gasteiger partial charge in [0.1, 0.15) is 6.54 Å². The molecule has 0 saturated carbocycles. The largest absolute Gasteiger partial charge is 1.00 e. The lowest BCUT2D eigenvalue weighted by molar-refractivity contribution is -0.545. The first kappa shape index (κ1) is 35.7. The standard InChI is InChI=1S/C36H47F3NO3.BrH/c1-4-6-8-10-11-13-22-43-35-30-19-21-40(25-27-15-17-29(18-16-27)36(37,38)39)33(14-12-9-7-5-2)32(30)24-31(34(35)41-3)28-20-23-42-26-28;/h15-18,20,23-24,26H,4-14,19,21-22,25H2,1-3H3;1H/q+1;/p-1. The molecule has 1 aliphatic heterocycles. The van der Waals surface area contributed by atoms with E-state index in [1.165, 1.54) is 49.9 Å². The van der Waals surface area contributed by atoms with Crippen molar-refractivity contribution < 1.29 is 48.6 Å². The van der Waals surface area contributed by atoms with Gasteiger partial charge in [0.2, 0.25) is 0 Å². The molecule has 1 aliphatic rings. The molecule has 0 amide bonds. The third-order valence-corrected chi connectivity index (χ3v) is 8.37. The topological polar surface area (TPSA) is 34.6 Å². The van der Waals surface area contributed by atoms with E-state index in [4.69, 9.17) is 13.9 Å². The van der Waals surface area contributed by atoms with E-state index >= 15 is 0 Å². The monoisotopic (exact) mass is 677 g/mol. The molecular weight excluding hydrogens is 631 g/mol. The summed E-state index contributed by atoms with van der Waals surface area (Å²) in [6.45, 7) is 6.38. The highest BCUT2D eigenvalue weighted by Crippen LogP contribution is 2.45. The Hall–Kier alpha value is -2.74. The second-order valence-electron chi connectivity index (χ2n) is 11.6. The minimum atomic E-state index is -4.34. The van der Waals surface area contributed by atoms with Crippen molar-refractivity contribution in [3.8, 4) is 22.6 Å². The van der Waals surface area contributed by atoms with E-state index in [1.807, 2.05) is 6.07 Å². The van der Waals surface area contributed by atoms with Gasteiger partial charge in [0.15, 0.2) is 23.8 Å². The smallest absolute Gasteiger partial charge is 0.416 e. The molecule has 4 rings (SSSR count). The fraction of sp³-hybridized carbons (Fsp3) is 0.528. The quantitative estimate of drug-likeness (QED) is 0.112. The number of methoxy groups -OCH3 is 1. The number of ether oxygens (including phenoxy) is 2. The van der Waals surface area contributed by atoms with Gasteiger partial charge in [-0.25, -0.2) is 4.58 Å². The molecule has 242 valence electrons. The van der Waals surface area contributed by atoms with Crippen LogP contribution in [0.5, 0.6) is 11.5 Å². The second kappa shape index (κ2) is 17.7. The molecule has 8 heteroatoms. The van der Waals surface area contributed by atoms with Gasteiger partial charge in [-0.15, -0.1) is 0 Å². The van der Waals surface area contributed by atoms with Gasteiger partial charge in [0.25, 0.3) is 0 Å². The third kappa shape index (κ3) is 9.38. The molecule has 0 saturated heterocycles. The van der Waals surface area contributed by atoms with Crippen molar-refractivity contribution in [1.29, 1.82) is 0 Å². The van der Waals surface area contributed by atoms with E-state index in [2.05, 4.69) is 24.5 Å². The minimum Gasteiger partial charge on any atom is -1.00 e. The Balaban J connectivity index is 0.00000529. The van der Waals surface area contributed by atoms with Gasteiger partial charge in [0, 0.05) is 40.7 Å². The number of rotatable bonds is 17. The fourth-order valence-corrected chi connectivity index (χ4v) is 5.99. The summed E-state index contributed by atoms with van der Waals surface area (Å²) < 4.78 is 60.0. The van der Waals surface area contributed by atoms with E-state index in [9.17, 15) is 13.2 Å². The molecule has 2 aromatic carbocycles. The molecular formula is C36H47BrF3NO3. The zero-order valence-electron chi connectivity index (χ0n) is 26.4. The van der Waals surface area contributed by atoms with Gasteiger partial charge in [-0.1, -0.05) is 77.3 Å². The number of halogens is 4. The van der Waals surface area contributed by atoms with Crippen molar-refractivity contribution in [3.05, 3.63) is 71.2 Å². The predicted octanol–water partition coefficient (Wildman–Crippen LogP) is 7.25. The van der Waals surface area contributed by atoms with Crippen LogP contribution in [0.15, 0.2) is 53.3 Å². The normalized spacial score (nSPS) is 13.0. The van der Waals surface area contributed by atoms with Gasteiger partial charge in [-0.2, -0.15) is 13.2 Å². The summed E-state index contributed by atoms with van der Waals surface area (Å²) in [5.41, 5.74) is 5.62. The van der Waals surface area contributed by atoms with E-state index in [0.717, 1.165) is 90.8 Å². The van der Waals surface area contributed by atoms with Crippen LogP contribution in [0.25, 0.3) is 11.1 Å². The lowest BCUT2D eigenvalue weighted by Crippen LogP contribution is -3.00. The highest BCUT2D eigenvalue weighted by molar-refractivity contribution is 6.01. The maximum absolute atomic E-state index is 13.2. The Bertz CT molecular complexity index is 1320. The Morgan fingerprint density at radius 1 is 0.841 bits per heavy atom. The van der Waals surface area contributed by atoms with Crippen LogP contribution in [-0.4, -0.2) is 30.5 Å². The summed E-state index contributed by atoms with van der Waals surface area (Å²) >= 11 is 0. The van der Waals surface area contributed by atoms with Crippen LogP contribution in [-0.2, 0) is 19.1 Å². The third-order valence-electron chi connectivity index (χ3n) is 8.37. The molecule has 1 aromatic heterocycles. The Morgan fingerprint density at radius 2 is 1.52 bits per heavy atom. The van der Waals surface area contributed by atoms with E-state index in [-0.39, 0.29) is 17.0 Å². The summed E-state index contributed by atoms with van der Waals surface area (Å²) in [5, 5.41) is 0. The Kier molecular flexibility index (Phi) is 14.4. The van der Waals surface area contributed by atoms with Crippen LogP contribution in [0.2, 0.25) is 0 Å². The molecule has 0 atom stereocenters. The molecule has 0 unspecified atom stereocenters. The zero-order chi connectivity index (χ0) is 30.7. The summed E-state index contributed by atoms with van der Waals surface area (Å²) in [6, 6.07) is 9.71. The average Bonchev–Trinajstić information content (AvgIpc) is 3.54. The first-order chi connectivity index (χ1) is 20.9. The highest BCUT2D eigenvalue weighted by atomic mass is 79.9. The van der Waals surface area contributed by atoms with Crippen molar-refractivity contribution >= 4 is 5.71 Å². The number of hydrogen-bond donors (Lipinski definition) is 0. The Labute approximate surface area is 271 Å². The maximum Gasteiger partial charge on any atom is 0.416 e. The molecule has 4 nitrogen and oxygen atoms in total. The van der Waals surface area contributed by atoms with Crippen LogP contribution < -0.4 is 26.5 Å². The van der Waals surface area contributed by atoms with E-state index in [1.54, 1.807) is 31.8 Å². The first-order valence-corrected chi connectivity index (χ1v) is 16.0. The number of benzene rings is 2. The number of alkyl halides is 3. The van der Waals surface area contributed by atoms with Gasteiger partial charge >= 0.3 is 6.18 Å². The summed E-state index contributed by atoms with van der Waals surface area (Å²) in [4.78, 5) is 0. The molecule has 0 bridgehead atoms. The zero-order valence-corrected chi connectivity index (χ0v) is 28.0. The number of furan rings is 1. The molecule has 0 radical (unpaired) electrons.